The predicted molar refractivity (Wildman–Crippen MR) is 123 cm³/mol. The minimum Gasteiger partial charge on any atom is -0.368 e. The van der Waals surface area contributed by atoms with Crippen LogP contribution in [0.2, 0.25) is 0 Å². The third kappa shape index (κ3) is 5.03. The molecule has 0 saturated carbocycles. The highest BCUT2D eigenvalue weighted by atomic mass is 32.2. The van der Waals surface area contributed by atoms with Gasteiger partial charge < -0.3 is 16.4 Å². The molecule has 1 heterocycles. The SMILES string of the molecule is Nc1nc(CSCC(=O)Nc2cccc3ccccc23)nc(Nc2ccccc2)n1. The van der Waals surface area contributed by atoms with E-state index in [9.17, 15) is 4.79 Å². The van der Waals surface area contributed by atoms with Gasteiger partial charge in [-0.3, -0.25) is 4.79 Å². The van der Waals surface area contributed by atoms with Gasteiger partial charge in [-0.2, -0.15) is 15.0 Å². The van der Waals surface area contributed by atoms with Crippen molar-refractivity contribution in [2.45, 2.75) is 5.75 Å². The van der Waals surface area contributed by atoms with Crippen molar-refractivity contribution in [3.05, 3.63) is 78.6 Å². The van der Waals surface area contributed by atoms with Crippen molar-refractivity contribution in [1.29, 1.82) is 0 Å². The van der Waals surface area contributed by atoms with Crippen molar-refractivity contribution < 1.29 is 4.79 Å². The Morgan fingerprint density at radius 1 is 0.900 bits per heavy atom. The van der Waals surface area contributed by atoms with Crippen LogP contribution in [-0.4, -0.2) is 26.6 Å². The van der Waals surface area contributed by atoms with E-state index < -0.39 is 0 Å². The Kier molecular flexibility index (Phi) is 6.05. The molecule has 0 aliphatic heterocycles. The average molecular weight is 417 g/mol. The van der Waals surface area contributed by atoms with E-state index in [4.69, 9.17) is 5.73 Å². The Bertz CT molecular complexity index is 1160. The maximum absolute atomic E-state index is 12.4. The molecule has 0 fully saturated rings. The molecule has 30 heavy (non-hydrogen) atoms. The quantitative estimate of drug-likeness (QED) is 0.414. The zero-order chi connectivity index (χ0) is 20.8. The molecule has 4 rings (SSSR count). The normalized spacial score (nSPS) is 10.7. The second-order valence-corrected chi connectivity index (χ2v) is 7.48. The second kappa shape index (κ2) is 9.23. The van der Waals surface area contributed by atoms with E-state index >= 15 is 0 Å². The largest absolute Gasteiger partial charge is 0.368 e. The van der Waals surface area contributed by atoms with E-state index in [2.05, 4.69) is 25.6 Å². The number of carbonyl (C=O) groups excluding carboxylic acids is 1. The standard InChI is InChI=1S/C22H20N6OS/c23-21-26-19(27-22(28-21)24-16-9-2-1-3-10-16)13-30-14-20(29)25-18-12-6-8-15-7-4-5-11-17(15)18/h1-12H,13-14H2,(H,25,29)(H3,23,24,26,27,28). The molecule has 8 heteroatoms. The number of nitrogens with two attached hydrogens (primary N) is 1. The zero-order valence-corrected chi connectivity index (χ0v) is 16.9. The number of nitrogens with one attached hydrogen (secondary N) is 2. The Balaban J connectivity index is 1.35. The van der Waals surface area contributed by atoms with Crippen LogP contribution in [0, 0.1) is 0 Å². The van der Waals surface area contributed by atoms with Crippen LogP contribution in [0.5, 0.6) is 0 Å². The maximum atomic E-state index is 12.4. The zero-order valence-electron chi connectivity index (χ0n) is 16.1. The van der Waals surface area contributed by atoms with Gasteiger partial charge in [-0.25, -0.2) is 0 Å². The fourth-order valence-electron chi connectivity index (χ4n) is 2.96. The minimum atomic E-state index is -0.0824. The van der Waals surface area contributed by atoms with Crippen LogP contribution in [0.25, 0.3) is 10.8 Å². The van der Waals surface area contributed by atoms with Gasteiger partial charge in [0, 0.05) is 16.8 Å². The van der Waals surface area contributed by atoms with Crippen molar-refractivity contribution in [2.24, 2.45) is 0 Å². The van der Waals surface area contributed by atoms with Gasteiger partial charge in [0.15, 0.2) is 0 Å². The molecule has 1 amide bonds. The van der Waals surface area contributed by atoms with Crippen LogP contribution in [0.1, 0.15) is 5.82 Å². The molecule has 0 atom stereocenters. The van der Waals surface area contributed by atoms with E-state index in [0.29, 0.717) is 17.5 Å². The minimum absolute atomic E-state index is 0.0824. The highest BCUT2D eigenvalue weighted by molar-refractivity contribution is 7.99. The van der Waals surface area contributed by atoms with Gasteiger partial charge in [-0.1, -0.05) is 54.6 Å². The summed E-state index contributed by atoms with van der Waals surface area (Å²) in [5, 5.41) is 8.18. The first-order chi connectivity index (χ1) is 14.7. The third-order valence-electron chi connectivity index (χ3n) is 4.26. The molecule has 1 aromatic heterocycles. The van der Waals surface area contributed by atoms with Gasteiger partial charge in [-0.05, 0) is 23.6 Å². The molecule has 0 saturated heterocycles. The van der Waals surface area contributed by atoms with Gasteiger partial charge in [0.25, 0.3) is 0 Å². The number of rotatable bonds is 7. The van der Waals surface area contributed by atoms with E-state index in [1.807, 2.05) is 72.8 Å². The van der Waals surface area contributed by atoms with Gasteiger partial charge in [-0.15, -0.1) is 11.8 Å². The summed E-state index contributed by atoms with van der Waals surface area (Å²) < 4.78 is 0. The summed E-state index contributed by atoms with van der Waals surface area (Å²) in [6, 6.07) is 23.4. The molecule has 7 nitrogen and oxygen atoms in total. The number of nitrogens with zero attached hydrogens (tertiary/aromatic N) is 3. The molecule has 0 unspecified atom stereocenters. The molecule has 3 aromatic carbocycles. The first-order valence-corrected chi connectivity index (χ1v) is 10.5. The molecule has 0 aliphatic carbocycles. The maximum Gasteiger partial charge on any atom is 0.234 e. The highest BCUT2D eigenvalue weighted by Gasteiger charge is 2.09. The number of anilines is 4. The van der Waals surface area contributed by atoms with Crippen molar-refractivity contribution >= 4 is 51.7 Å². The van der Waals surface area contributed by atoms with Gasteiger partial charge in [0.2, 0.25) is 17.8 Å². The summed E-state index contributed by atoms with van der Waals surface area (Å²) in [6.45, 7) is 0. The first-order valence-electron chi connectivity index (χ1n) is 9.35. The molecule has 0 spiro atoms. The number of amides is 1. The van der Waals surface area contributed by atoms with E-state index in [0.717, 1.165) is 22.1 Å². The molecule has 0 bridgehead atoms. The van der Waals surface area contributed by atoms with Crippen LogP contribution < -0.4 is 16.4 Å². The monoisotopic (exact) mass is 416 g/mol. The number of thioether (sulfide) groups is 1. The summed E-state index contributed by atoms with van der Waals surface area (Å²) in [7, 11) is 0. The second-order valence-electron chi connectivity index (χ2n) is 6.49. The smallest absolute Gasteiger partial charge is 0.234 e. The predicted octanol–water partition coefficient (Wildman–Crippen LogP) is 4.22. The lowest BCUT2D eigenvalue weighted by atomic mass is 10.1. The lowest BCUT2D eigenvalue weighted by molar-refractivity contribution is -0.113. The van der Waals surface area contributed by atoms with Crippen LogP contribution >= 0.6 is 11.8 Å². The van der Waals surface area contributed by atoms with Crippen molar-refractivity contribution in [1.82, 2.24) is 15.0 Å². The van der Waals surface area contributed by atoms with Crippen LogP contribution in [0.15, 0.2) is 72.8 Å². The van der Waals surface area contributed by atoms with Crippen molar-refractivity contribution in [3.63, 3.8) is 0 Å². The van der Waals surface area contributed by atoms with Gasteiger partial charge >= 0.3 is 0 Å². The van der Waals surface area contributed by atoms with Gasteiger partial charge in [0.05, 0.1) is 11.5 Å². The summed E-state index contributed by atoms with van der Waals surface area (Å²) in [5.41, 5.74) is 7.47. The third-order valence-corrected chi connectivity index (χ3v) is 5.19. The molecule has 0 aliphatic rings. The fraction of sp³-hybridized carbons (Fsp3) is 0.0909. The van der Waals surface area contributed by atoms with Crippen LogP contribution in [0.3, 0.4) is 0 Å². The number of hydrogen-bond donors (Lipinski definition) is 3. The molecular formula is C22H20N6OS. The van der Waals surface area contributed by atoms with Crippen LogP contribution in [0.4, 0.5) is 23.3 Å². The fourth-order valence-corrected chi connectivity index (χ4v) is 3.64. The summed E-state index contributed by atoms with van der Waals surface area (Å²) >= 11 is 1.41. The van der Waals surface area contributed by atoms with Crippen molar-refractivity contribution in [3.8, 4) is 0 Å². The van der Waals surface area contributed by atoms with Crippen LogP contribution in [-0.2, 0) is 10.5 Å². The first kappa shape index (κ1) is 19.7. The summed E-state index contributed by atoms with van der Waals surface area (Å²) in [5.74, 6) is 1.67. The molecular weight excluding hydrogens is 396 g/mol. The molecule has 4 N–H and O–H groups in total. The van der Waals surface area contributed by atoms with E-state index in [-0.39, 0.29) is 17.6 Å². The number of benzene rings is 3. The Labute approximate surface area is 178 Å². The number of nitrogen functional groups attached to an aromatic ring is 1. The number of fused-ring (bicyclic) bond motifs is 1. The topological polar surface area (TPSA) is 106 Å². The Hall–Kier alpha value is -3.65. The lowest BCUT2D eigenvalue weighted by Gasteiger charge is -2.09. The number of aromatic nitrogens is 3. The van der Waals surface area contributed by atoms with E-state index in [1.54, 1.807) is 0 Å². The average Bonchev–Trinajstić information content (AvgIpc) is 2.74. The molecule has 150 valence electrons. The van der Waals surface area contributed by atoms with Crippen molar-refractivity contribution in [2.75, 3.05) is 22.1 Å². The number of para-hydroxylation sites is 1. The molecule has 0 radical (unpaired) electrons. The Morgan fingerprint density at radius 3 is 2.53 bits per heavy atom. The number of hydrogen-bond acceptors (Lipinski definition) is 7. The summed E-state index contributed by atoms with van der Waals surface area (Å²) in [6.07, 6.45) is 0. The lowest BCUT2D eigenvalue weighted by Crippen LogP contribution is -2.14. The van der Waals surface area contributed by atoms with Gasteiger partial charge in [0.1, 0.15) is 5.82 Å². The number of carbonyl (C=O) groups is 1. The Morgan fingerprint density at radius 2 is 1.67 bits per heavy atom. The highest BCUT2D eigenvalue weighted by Crippen LogP contribution is 2.23. The summed E-state index contributed by atoms with van der Waals surface area (Å²) in [4.78, 5) is 25.1. The molecule has 4 aromatic rings. The van der Waals surface area contributed by atoms with E-state index in [1.165, 1.54) is 11.8 Å².